The standard InChI is InChI=1S/C12H24N2O2/c1-10(2)14(8-5-7-13)11(15)12(3)6-4-9-16-12/h10H,4-9,13H2,1-3H3. The maximum absolute atomic E-state index is 12.4. The van der Waals surface area contributed by atoms with Gasteiger partial charge in [-0.2, -0.15) is 0 Å². The van der Waals surface area contributed by atoms with Gasteiger partial charge in [-0.05, 0) is 46.6 Å². The zero-order valence-corrected chi connectivity index (χ0v) is 10.7. The molecule has 4 nitrogen and oxygen atoms in total. The van der Waals surface area contributed by atoms with Gasteiger partial charge in [0.15, 0.2) is 0 Å². The molecule has 1 aliphatic rings. The summed E-state index contributed by atoms with van der Waals surface area (Å²) in [6, 6.07) is 0.208. The van der Waals surface area contributed by atoms with Crippen LogP contribution in [0.5, 0.6) is 0 Å². The predicted molar refractivity (Wildman–Crippen MR) is 64.1 cm³/mol. The van der Waals surface area contributed by atoms with Crippen LogP contribution in [0.2, 0.25) is 0 Å². The number of nitrogens with two attached hydrogens (primary N) is 1. The lowest BCUT2D eigenvalue weighted by Crippen LogP contribution is -2.50. The predicted octanol–water partition coefficient (Wildman–Crippen LogP) is 1.14. The van der Waals surface area contributed by atoms with Crippen molar-refractivity contribution < 1.29 is 9.53 Å². The molecule has 1 amide bonds. The first-order chi connectivity index (χ1) is 7.51. The molecular weight excluding hydrogens is 204 g/mol. The number of ether oxygens (including phenoxy) is 1. The zero-order chi connectivity index (χ0) is 12.2. The molecule has 0 aliphatic carbocycles. The summed E-state index contributed by atoms with van der Waals surface area (Å²) < 4.78 is 5.59. The zero-order valence-electron chi connectivity index (χ0n) is 10.7. The Morgan fingerprint density at radius 3 is 2.69 bits per heavy atom. The Labute approximate surface area is 98.1 Å². The Bertz CT molecular complexity index is 235. The van der Waals surface area contributed by atoms with Crippen LogP contribution in [0.25, 0.3) is 0 Å². The molecule has 1 unspecified atom stereocenters. The van der Waals surface area contributed by atoms with E-state index in [-0.39, 0.29) is 11.9 Å². The van der Waals surface area contributed by atoms with Crippen molar-refractivity contribution in [3.05, 3.63) is 0 Å². The van der Waals surface area contributed by atoms with E-state index >= 15 is 0 Å². The van der Waals surface area contributed by atoms with Crippen LogP contribution < -0.4 is 5.73 Å². The summed E-state index contributed by atoms with van der Waals surface area (Å²) in [4.78, 5) is 14.3. The second kappa shape index (κ2) is 5.64. The van der Waals surface area contributed by atoms with E-state index in [1.807, 2.05) is 25.7 Å². The monoisotopic (exact) mass is 228 g/mol. The van der Waals surface area contributed by atoms with E-state index in [4.69, 9.17) is 10.5 Å². The van der Waals surface area contributed by atoms with Crippen molar-refractivity contribution in [3.63, 3.8) is 0 Å². The minimum atomic E-state index is -0.598. The SMILES string of the molecule is CC(C)N(CCCN)C(=O)C1(C)CCCO1. The number of rotatable bonds is 5. The lowest BCUT2D eigenvalue weighted by Gasteiger charge is -2.34. The average Bonchev–Trinajstić information content (AvgIpc) is 2.66. The highest BCUT2D eigenvalue weighted by Gasteiger charge is 2.40. The van der Waals surface area contributed by atoms with E-state index < -0.39 is 5.60 Å². The number of carbonyl (C=O) groups excluding carboxylic acids is 1. The van der Waals surface area contributed by atoms with Crippen molar-refractivity contribution in [2.24, 2.45) is 5.73 Å². The Balaban J connectivity index is 2.66. The van der Waals surface area contributed by atoms with E-state index in [0.29, 0.717) is 13.2 Å². The van der Waals surface area contributed by atoms with Crippen molar-refractivity contribution in [2.75, 3.05) is 19.7 Å². The van der Waals surface area contributed by atoms with Crippen molar-refractivity contribution in [1.82, 2.24) is 4.90 Å². The van der Waals surface area contributed by atoms with Crippen molar-refractivity contribution in [3.8, 4) is 0 Å². The first-order valence-electron chi connectivity index (χ1n) is 6.16. The molecule has 0 aromatic heterocycles. The fraction of sp³-hybridized carbons (Fsp3) is 0.917. The van der Waals surface area contributed by atoms with Crippen LogP contribution in [0.4, 0.5) is 0 Å². The number of hydrogen-bond acceptors (Lipinski definition) is 3. The molecule has 94 valence electrons. The van der Waals surface area contributed by atoms with Crippen molar-refractivity contribution in [1.29, 1.82) is 0 Å². The molecule has 0 spiro atoms. The summed E-state index contributed by atoms with van der Waals surface area (Å²) in [6.07, 6.45) is 2.66. The van der Waals surface area contributed by atoms with Crippen LogP contribution in [-0.4, -0.2) is 42.1 Å². The third-order valence-corrected chi connectivity index (χ3v) is 3.16. The average molecular weight is 228 g/mol. The van der Waals surface area contributed by atoms with Crippen LogP contribution in [-0.2, 0) is 9.53 Å². The minimum Gasteiger partial charge on any atom is -0.365 e. The van der Waals surface area contributed by atoms with Crippen LogP contribution in [0.1, 0.15) is 40.0 Å². The minimum absolute atomic E-state index is 0.119. The molecule has 0 aromatic carbocycles. The van der Waals surface area contributed by atoms with Crippen LogP contribution in [0.3, 0.4) is 0 Å². The number of nitrogens with zero attached hydrogens (tertiary/aromatic N) is 1. The van der Waals surface area contributed by atoms with Gasteiger partial charge in [0.1, 0.15) is 5.60 Å². The first kappa shape index (κ1) is 13.5. The molecule has 1 saturated heterocycles. The molecule has 4 heteroatoms. The fourth-order valence-corrected chi connectivity index (χ4v) is 2.11. The van der Waals surface area contributed by atoms with E-state index in [9.17, 15) is 4.79 Å². The van der Waals surface area contributed by atoms with Gasteiger partial charge < -0.3 is 15.4 Å². The van der Waals surface area contributed by atoms with Gasteiger partial charge in [0, 0.05) is 19.2 Å². The van der Waals surface area contributed by atoms with Crippen molar-refractivity contribution >= 4 is 5.91 Å². The second-order valence-corrected chi connectivity index (χ2v) is 4.92. The Kier molecular flexibility index (Phi) is 4.74. The molecule has 1 atom stereocenters. The summed E-state index contributed by atoms with van der Waals surface area (Å²) in [5.41, 5.74) is 4.90. The number of hydrogen-bond donors (Lipinski definition) is 1. The van der Waals surface area contributed by atoms with E-state index in [2.05, 4.69) is 0 Å². The third-order valence-electron chi connectivity index (χ3n) is 3.16. The smallest absolute Gasteiger partial charge is 0.254 e. The molecule has 0 bridgehead atoms. The molecule has 1 fully saturated rings. The molecule has 1 rings (SSSR count). The molecule has 2 N–H and O–H groups in total. The van der Waals surface area contributed by atoms with Gasteiger partial charge in [-0.1, -0.05) is 0 Å². The van der Waals surface area contributed by atoms with E-state index in [0.717, 1.165) is 25.8 Å². The molecule has 0 saturated carbocycles. The lowest BCUT2D eigenvalue weighted by molar-refractivity contribution is -0.152. The van der Waals surface area contributed by atoms with Crippen molar-refractivity contribution in [2.45, 2.75) is 51.7 Å². The highest BCUT2D eigenvalue weighted by atomic mass is 16.5. The molecule has 0 aromatic rings. The summed E-state index contributed by atoms with van der Waals surface area (Å²) in [6.45, 7) is 8.02. The van der Waals surface area contributed by atoms with Gasteiger partial charge in [-0.25, -0.2) is 0 Å². The fourth-order valence-electron chi connectivity index (χ4n) is 2.11. The Hall–Kier alpha value is -0.610. The van der Waals surface area contributed by atoms with Crippen LogP contribution in [0, 0.1) is 0 Å². The highest BCUT2D eigenvalue weighted by molar-refractivity contribution is 5.85. The van der Waals surface area contributed by atoms with Crippen LogP contribution >= 0.6 is 0 Å². The Morgan fingerprint density at radius 1 is 1.56 bits per heavy atom. The maximum Gasteiger partial charge on any atom is 0.254 e. The summed E-state index contributed by atoms with van der Waals surface area (Å²) >= 11 is 0. The topological polar surface area (TPSA) is 55.6 Å². The quantitative estimate of drug-likeness (QED) is 0.767. The molecule has 16 heavy (non-hydrogen) atoms. The van der Waals surface area contributed by atoms with Gasteiger partial charge in [0.05, 0.1) is 0 Å². The van der Waals surface area contributed by atoms with E-state index in [1.165, 1.54) is 0 Å². The van der Waals surface area contributed by atoms with Gasteiger partial charge >= 0.3 is 0 Å². The normalized spacial score (nSPS) is 25.1. The summed E-state index contributed by atoms with van der Waals surface area (Å²) in [7, 11) is 0. The lowest BCUT2D eigenvalue weighted by atomic mass is 10.00. The molecule has 1 heterocycles. The van der Waals surface area contributed by atoms with E-state index in [1.54, 1.807) is 0 Å². The molecule has 1 aliphatic heterocycles. The third kappa shape index (κ3) is 2.95. The molecule has 0 radical (unpaired) electrons. The summed E-state index contributed by atoms with van der Waals surface area (Å²) in [5.74, 6) is 0.119. The maximum atomic E-state index is 12.4. The van der Waals surface area contributed by atoms with Gasteiger partial charge in [0.2, 0.25) is 0 Å². The second-order valence-electron chi connectivity index (χ2n) is 4.92. The number of carbonyl (C=O) groups is 1. The van der Waals surface area contributed by atoms with Crippen LogP contribution in [0.15, 0.2) is 0 Å². The number of amides is 1. The highest BCUT2D eigenvalue weighted by Crippen LogP contribution is 2.28. The molecular formula is C12H24N2O2. The van der Waals surface area contributed by atoms with Gasteiger partial charge in [0.25, 0.3) is 5.91 Å². The summed E-state index contributed by atoms with van der Waals surface area (Å²) in [5, 5.41) is 0. The van der Waals surface area contributed by atoms with Gasteiger partial charge in [-0.15, -0.1) is 0 Å². The Morgan fingerprint density at radius 2 is 2.25 bits per heavy atom. The largest absolute Gasteiger partial charge is 0.365 e. The van der Waals surface area contributed by atoms with Gasteiger partial charge in [-0.3, -0.25) is 4.79 Å². The first-order valence-corrected chi connectivity index (χ1v) is 6.16.